The zero-order chi connectivity index (χ0) is 31.8. The third-order valence-corrected chi connectivity index (χ3v) is 9.14. The second kappa shape index (κ2) is 15.5. The lowest BCUT2D eigenvalue weighted by Gasteiger charge is -2.36. The fourth-order valence-electron chi connectivity index (χ4n) is 6.56. The van der Waals surface area contributed by atoms with Gasteiger partial charge in [-0.25, -0.2) is 4.39 Å². The van der Waals surface area contributed by atoms with E-state index < -0.39 is 0 Å². The Hall–Kier alpha value is -3.75. The molecule has 3 aromatic rings. The summed E-state index contributed by atoms with van der Waals surface area (Å²) >= 11 is 0. The molecule has 0 aromatic heterocycles. The van der Waals surface area contributed by atoms with Crippen molar-refractivity contribution < 1.29 is 18.7 Å². The molecule has 0 spiro atoms. The normalized spacial score (nSPS) is 17.5. The molecule has 0 aliphatic carbocycles. The second-order valence-electron chi connectivity index (χ2n) is 12.6. The van der Waals surface area contributed by atoms with Gasteiger partial charge in [-0.3, -0.25) is 19.4 Å². The number of amides is 2. The number of halogens is 1. The van der Waals surface area contributed by atoms with Gasteiger partial charge in [0.25, 0.3) is 5.91 Å². The van der Waals surface area contributed by atoms with Crippen LogP contribution in [0.25, 0.3) is 0 Å². The maximum atomic E-state index is 14.2. The molecule has 0 N–H and O–H groups in total. The van der Waals surface area contributed by atoms with Crippen molar-refractivity contribution in [1.29, 1.82) is 0 Å². The number of benzene rings is 3. The van der Waals surface area contributed by atoms with Crippen LogP contribution in [0.2, 0.25) is 0 Å². The van der Waals surface area contributed by atoms with Crippen LogP contribution < -0.4 is 9.64 Å². The number of likely N-dealkylation sites (tertiary alicyclic amines) is 1. The van der Waals surface area contributed by atoms with Gasteiger partial charge < -0.3 is 14.5 Å². The number of carbonyl (C=O) groups is 2. The lowest BCUT2D eigenvalue weighted by atomic mass is 9.94. The molecule has 1 saturated heterocycles. The Morgan fingerprint density at radius 1 is 0.867 bits per heavy atom. The fourth-order valence-corrected chi connectivity index (χ4v) is 6.56. The van der Waals surface area contributed by atoms with E-state index in [1.807, 2.05) is 71.3 Å². The summed E-state index contributed by atoms with van der Waals surface area (Å²) < 4.78 is 19.3. The van der Waals surface area contributed by atoms with Crippen molar-refractivity contribution in [2.45, 2.75) is 59.2 Å². The second-order valence-corrected chi connectivity index (χ2v) is 12.6. The Kier molecular flexibility index (Phi) is 11.2. The average molecular weight is 615 g/mol. The molecule has 3 aromatic carbocycles. The third-order valence-electron chi connectivity index (χ3n) is 9.14. The van der Waals surface area contributed by atoms with Gasteiger partial charge in [-0.05, 0) is 94.1 Å². The summed E-state index contributed by atoms with van der Waals surface area (Å²) in [4.78, 5) is 36.7. The van der Waals surface area contributed by atoms with E-state index in [9.17, 15) is 14.0 Å². The monoisotopic (exact) mass is 614 g/mol. The largest absolute Gasteiger partial charge is 0.484 e. The summed E-state index contributed by atoms with van der Waals surface area (Å²) in [5.41, 5.74) is 3.98. The minimum Gasteiger partial charge on any atom is -0.484 e. The van der Waals surface area contributed by atoms with Gasteiger partial charge in [-0.15, -0.1) is 0 Å². The van der Waals surface area contributed by atoms with E-state index in [4.69, 9.17) is 4.74 Å². The lowest BCUT2D eigenvalue weighted by Crippen LogP contribution is -2.45. The van der Waals surface area contributed by atoms with Crippen LogP contribution in [0.4, 0.5) is 10.1 Å². The topological polar surface area (TPSA) is 56.3 Å². The van der Waals surface area contributed by atoms with E-state index in [1.54, 1.807) is 0 Å². The molecule has 7 nitrogen and oxygen atoms in total. The lowest BCUT2D eigenvalue weighted by molar-refractivity contribution is -0.138. The molecule has 0 saturated carbocycles. The van der Waals surface area contributed by atoms with E-state index in [2.05, 4.69) is 29.7 Å². The smallest absolute Gasteiger partial charge is 0.264 e. The summed E-state index contributed by atoms with van der Waals surface area (Å²) in [6.07, 6.45) is 2.42. The number of aryl methyl sites for hydroxylation is 1. The third kappa shape index (κ3) is 8.70. The first-order valence-electron chi connectivity index (χ1n) is 16.3. The molecule has 2 aliphatic heterocycles. The highest BCUT2D eigenvalue weighted by Crippen LogP contribution is 2.30. The van der Waals surface area contributed by atoms with Crippen molar-refractivity contribution in [3.05, 3.63) is 95.3 Å². The van der Waals surface area contributed by atoms with Crippen LogP contribution >= 0.6 is 0 Å². The summed E-state index contributed by atoms with van der Waals surface area (Å²) in [6, 6.07) is 22.6. The minimum atomic E-state index is -0.223. The summed E-state index contributed by atoms with van der Waals surface area (Å²) in [5, 5.41) is 0. The molecule has 5 rings (SSSR count). The number of carbonyl (C=O) groups excluding carboxylic acids is 2. The van der Waals surface area contributed by atoms with E-state index >= 15 is 0 Å². The Morgan fingerprint density at radius 3 is 2.31 bits per heavy atom. The van der Waals surface area contributed by atoms with Crippen LogP contribution in [0.15, 0.2) is 72.8 Å². The molecule has 0 bridgehead atoms. The Labute approximate surface area is 267 Å². The first-order valence-corrected chi connectivity index (χ1v) is 16.3. The van der Waals surface area contributed by atoms with E-state index in [0.29, 0.717) is 31.4 Å². The van der Waals surface area contributed by atoms with Crippen LogP contribution in [0.1, 0.15) is 49.8 Å². The molecule has 0 atom stereocenters. The van der Waals surface area contributed by atoms with E-state index in [1.165, 1.54) is 12.1 Å². The summed E-state index contributed by atoms with van der Waals surface area (Å²) in [7, 11) is 0. The highest BCUT2D eigenvalue weighted by atomic mass is 19.1. The Bertz CT molecular complexity index is 1410. The number of rotatable bonds is 7. The molecule has 2 heterocycles. The van der Waals surface area contributed by atoms with Crippen LogP contribution in [-0.2, 0) is 22.7 Å². The number of anilines is 1. The van der Waals surface area contributed by atoms with Gasteiger partial charge >= 0.3 is 0 Å². The highest BCUT2D eigenvalue weighted by Gasteiger charge is 2.31. The first-order chi connectivity index (χ1) is 21.8. The maximum absolute atomic E-state index is 14.2. The predicted octanol–water partition coefficient (Wildman–Crippen LogP) is 5.90. The van der Waals surface area contributed by atoms with Gasteiger partial charge in [0.2, 0.25) is 5.91 Å². The number of hydrogen-bond acceptors (Lipinski definition) is 5. The van der Waals surface area contributed by atoms with Crippen LogP contribution in [-0.4, -0.2) is 78.4 Å². The van der Waals surface area contributed by atoms with Crippen molar-refractivity contribution >= 4 is 17.5 Å². The molecule has 2 amide bonds. The maximum Gasteiger partial charge on any atom is 0.264 e. The molecular formula is C37H47FN4O3. The van der Waals surface area contributed by atoms with Crippen LogP contribution in [0.3, 0.4) is 0 Å². The molecule has 2 aliphatic rings. The minimum absolute atomic E-state index is 0.0441. The number of ether oxygens (including phenoxy) is 1. The van der Waals surface area contributed by atoms with Gasteiger partial charge in [0.15, 0.2) is 6.61 Å². The molecule has 8 heteroatoms. The van der Waals surface area contributed by atoms with Gasteiger partial charge in [0, 0.05) is 51.2 Å². The van der Waals surface area contributed by atoms with Crippen molar-refractivity contribution in [1.82, 2.24) is 14.7 Å². The SMILES string of the molecule is Cc1cccc2c1N(C(=O)COc1ccccc1)CCCN(C(C)C)CCN(C(=O)C1CCN(Cc3ccc(F)cc3)CC1)C2. The van der Waals surface area contributed by atoms with Crippen molar-refractivity contribution in [3.8, 4) is 5.75 Å². The zero-order valence-electron chi connectivity index (χ0n) is 27.0. The molecule has 0 unspecified atom stereocenters. The Balaban J connectivity index is 1.34. The summed E-state index contributed by atoms with van der Waals surface area (Å²) in [5.74, 6) is 0.505. The average Bonchev–Trinajstić information content (AvgIpc) is 3.08. The van der Waals surface area contributed by atoms with Crippen LogP contribution in [0.5, 0.6) is 5.75 Å². The molecule has 240 valence electrons. The number of para-hydroxylation sites is 2. The van der Waals surface area contributed by atoms with Crippen molar-refractivity contribution in [3.63, 3.8) is 0 Å². The zero-order valence-corrected chi connectivity index (χ0v) is 27.0. The van der Waals surface area contributed by atoms with Gasteiger partial charge in [-0.1, -0.05) is 48.5 Å². The van der Waals surface area contributed by atoms with Gasteiger partial charge in [0.05, 0.1) is 5.69 Å². The molecule has 0 radical (unpaired) electrons. The number of fused-ring (bicyclic) bond motifs is 1. The Morgan fingerprint density at radius 2 is 1.60 bits per heavy atom. The van der Waals surface area contributed by atoms with E-state index in [-0.39, 0.29) is 30.2 Å². The van der Waals surface area contributed by atoms with Crippen molar-refractivity contribution in [2.24, 2.45) is 5.92 Å². The van der Waals surface area contributed by atoms with Gasteiger partial charge in [0.1, 0.15) is 11.6 Å². The predicted molar refractivity (Wildman–Crippen MR) is 177 cm³/mol. The molecule has 1 fully saturated rings. The first kappa shape index (κ1) is 32.6. The van der Waals surface area contributed by atoms with Gasteiger partial charge in [-0.2, -0.15) is 0 Å². The molecule has 45 heavy (non-hydrogen) atoms. The number of piperidine rings is 1. The standard InChI is InChI=1S/C37H47FN4O3/c1-28(2)40-19-8-20-42(35(43)27-45-34-11-5-4-6-12-34)36-29(3)9-7-10-32(36)26-41(24-23-40)37(44)31-17-21-39(22-18-31)25-30-13-15-33(38)16-14-30/h4-7,9-16,28,31H,8,17-27H2,1-3H3. The number of hydrogen-bond donors (Lipinski definition) is 0. The fraction of sp³-hybridized carbons (Fsp3) is 0.459. The molecular weight excluding hydrogens is 567 g/mol. The van der Waals surface area contributed by atoms with Crippen molar-refractivity contribution in [2.75, 3.05) is 50.8 Å². The number of nitrogens with zero attached hydrogens (tertiary/aromatic N) is 4. The highest BCUT2D eigenvalue weighted by molar-refractivity contribution is 5.96. The van der Waals surface area contributed by atoms with Crippen LogP contribution in [0, 0.1) is 18.7 Å². The quantitative estimate of drug-likeness (QED) is 0.332. The van der Waals surface area contributed by atoms with E-state index in [0.717, 1.165) is 74.4 Å². The summed E-state index contributed by atoms with van der Waals surface area (Å²) in [6.45, 7) is 12.1.